The maximum atomic E-state index is 12.7. The van der Waals surface area contributed by atoms with E-state index >= 15 is 0 Å². The van der Waals surface area contributed by atoms with Crippen molar-refractivity contribution in [3.05, 3.63) is 0 Å². The molecule has 0 aromatic heterocycles. The van der Waals surface area contributed by atoms with Crippen molar-refractivity contribution in [1.29, 1.82) is 0 Å². The Morgan fingerprint density at radius 3 is 2.22 bits per heavy atom. The molecule has 2 atom stereocenters. The Labute approximate surface area is 111 Å². The topological polar surface area (TPSA) is 52.3 Å². The highest BCUT2D eigenvalue weighted by molar-refractivity contribution is 5.85. The largest absolute Gasteiger partial charge is 0.369 e. The molecular weight excluding hydrogens is 226 g/mol. The monoisotopic (exact) mass is 255 g/mol. The first-order valence-electron chi connectivity index (χ1n) is 7.03. The van der Waals surface area contributed by atoms with Gasteiger partial charge in [-0.3, -0.25) is 4.79 Å². The third-order valence-corrected chi connectivity index (χ3v) is 3.86. The average molecular weight is 255 g/mol. The number of hydrogen-bond acceptors (Lipinski definition) is 3. The van der Waals surface area contributed by atoms with Crippen molar-refractivity contribution in [2.45, 2.75) is 65.6 Å². The second kappa shape index (κ2) is 5.30. The first kappa shape index (κ1) is 15.6. The second-order valence-corrected chi connectivity index (χ2v) is 7.19. The highest BCUT2D eigenvalue weighted by Crippen LogP contribution is 2.43. The summed E-state index contributed by atoms with van der Waals surface area (Å²) in [5, 5.41) is 0. The van der Waals surface area contributed by atoms with E-state index in [2.05, 4.69) is 27.7 Å². The molecule has 0 spiro atoms. The minimum atomic E-state index is -0.370. The van der Waals surface area contributed by atoms with Crippen LogP contribution in [0.2, 0.25) is 0 Å². The lowest BCUT2D eigenvalue weighted by molar-refractivity contribution is -0.133. The van der Waals surface area contributed by atoms with Crippen LogP contribution in [0.15, 0.2) is 0 Å². The van der Waals surface area contributed by atoms with Gasteiger partial charge in [-0.15, -0.1) is 0 Å². The maximum Gasteiger partial charge on any atom is 0.143 e. The summed E-state index contributed by atoms with van der Waals surface area (Å²) in [6, 6.07) is 0. The van der Waals surface area contributed by atoms with Gasteiger partial charge in [0.1, 0.15) is 5.78 Å². The minimum absolute atomic E-state index is 0.0215. The molecule has 3 nitrogen and oxygen atoms in total. The molecule has 0 radical (unpaired) electrons. The van der Waals surface area contributed by atoms with Crippen molar-refractivity contribution in [2.24, 2.45) is 23.5 Å². The fourth-order valence-electron chi connectivity index (χ4n) is 3.19. The number of carbonyl (C=O) groups is 1. The number of hydrogen-bond donors (Lipinski definition) is 1. The van der Waals surface area contributed by atoms with Crippen LogP contribution < -0.4 is 5.73 Å². The summed E-state index contributed by atoms with van der Waals surface area (Å²) in [5.41, 5.74) is 5.21. The van der Waals surface area contributed by atoms with Crippen LogP contribution in [0, 0.1) is 17.8 Å². The van der Waals surface area contributed by atoms with Gasteiger partial charge in [-0.05, 0) is 46.5 Å². The molecule has 1 fully saturated rings. The zero-order valence-corrected chi connectivity index (χ0v) is 12.7. The molecule has 106 valence electrons. The second-order valence-electron chi connectivity index (χ2n) is 7.19. The van der Waals surface area contributed by atoms with E-state index in [0.29, 0.717) is 18.2 Å². The van der Waals surface area contributed by atoms with Gasteiger partial charge in [0.25, 0.3) is 0 Å². The van der Waals surface area contributed by atoms with Gasteiger partial charge in [-0.2, -0.15) is 0 Å². The van der Waals surface area contributed by atoms with E-state index in [9.17, 15) is 4.79 Å². The van der Waals surface area contributed by atoms with E-state index < -0.39 is 0 Å². The summed E-state index contributed by atoms with van der Waals surface area (Å²) in [5.74, 6) is 0.745. The Hall–Kier alpha value is -0.410. The summed E-state index contributed by atoms with van der Waals surface area (Å²) in [6.07, 6.45) is 1.68. The highest BCUT2D eigenvalue weighted by Gasteiger charge is 2.50. The molecule has 3 heteroatoms. The molecule has 0 aliphatic carbocycles. The standard InChI is InChI=1S/C15H29NO2/c1-10(2)7-11(9-16)13(17)12-8-14(3,4)18-15(12,5)6/h10-12H,7-9,16H2,1-6H3. The zero-order chi connectivity index (χ0) is 14.1. The van der Waals surface area contributed by atoms with E-state index in [1.165, 1.54) is 0 Å². The number of ether oxygens (including phenoxy) is 1. The molecule has 2 N–H and O–H groups in total. The summed E-state index contributed by atoms with van der Waals surface area (Å²) < 4.78 is 6.01. The molecule has 0 bridgehead atoms. The molecule has 1 aliphatic heterocycles. The Kier molecular flexibility index (Phi) is 4.60. The van der Waals surface area contributed by atoms with Crippen LogP contribution in [0.5, 0.6) is 0 Å². The highest BCUT2D eigenvalue weighted by atomic mass is 16.5. The van der Waals surface area contributed by atoms with Crippen LogP contribution in [0.25, 0.3) is 0 Å². The fraction of sp³-hybridized carbons (Fsp3) is 0.933. The first-order valence-corrected chi connectivity index (χ1v) is 7.03. The van der Waals surface area contributed by atoms with Gasteiger partial charge in [-0.1, -0.05) is 13.8 Å². The molecular formula is C15H29NO2. The number of rotatable bonds is 5. The van der Waals surface area contributed by atoms with E-state index in [1.54, 1.807) is 0 Å². The van der Waals surface area contributed by atoms with E-state index in [0.717, 1.165) is 12.8 Å². The summed E-state index contributed by atoms with van der Waals surface area (Å²) in [7, 11) is 0. The van der Waals surface area contributed by atoms with Crippen molar-refractivity contribution < 1.29 is 9.53 Å². The van der Waals surface area contributed by atoms with Crippen LogP contribution in [0.1, 0.15) is 54.4 Å². The Morgan fingerprint density at radius 2 is 1.89 bits per heavy atom. The smallest absolute Gasteiger partial charge is 0.143 e. The van der Waals surface area contributed by atoms with Crippen molar-refractivity contribution in [2.75, 3.05) is 6.54 Å². The Morgan fingerprint density at radius 1 is 1.33 bits per heavy atom. The van der Waals surface area contributed by atoms with Gasteiger partial charge in [0.2, 0.25) is 0 Å². The quantitative estimate of drug-likeness (QED) is 0.822. The summed E-state index contributed by atoms with van der Waals surface area (Å²) >= 11 is 0. The van der Waals surface area contributed by atoms with Crippen LogP contribution in [0.4, 0.5) is 0 Å². The van der Waals surface area contributed by atoms with Crippen molar-refractivity contribution >= 4 is 5.78 Å². The fourth-order valence-corrected chi connectivity index (χ4v) is 3.19. The number of carbonyl (C=O) groups excluding carboxylic acids is 1. The predicted molar refractivity (Wildman–Crippen MR) is 74.4 cm³/mol. The molecule has 2 unspecified atom stereocenters. The molecule has 0 saturated carbocycles. The van der Waals surface area contributed by atoms with Crippen LogP contribution in [0.3, 0.4) is 0 Å². The van der Waals surface area contributed by atoms with Crippen LogP contribution >= 0.6 is 0 Å². The molecule has 1 aliphatic rings. The molecule has 1 rings (SSSR count). The van der Waals surface area contributed by atoms with Gasteiger partial charge in [0.05, 0.1) is 11.2 Å². The van der Waals surface area contributed by atoms with Gasteiger partial charge < -0.3 is 10.5 Å². The Balaban J connectivity index is 2.82. The molecule has 18 heavy (non-hydrogen) atoms. The summed E-state index contributed by atoms with van der Waals surface area (Å²) in [6.45, 7) is 12.9. The third-order valence-electron chi connectivity index (χ3n) is 3.86. The van der Waals surface area contributed by atoms with Gasteiger partial charge >= 0.3 is 0 Å². The Bertz CT molecular complexity index is 308. The third kappa shape index (κ3) is 3.55. The average Bonchev–Trinajstić information content (AvgIpc) is 2.41. The predicted octanol–water partition coefficient (Wildman–Crippen LogP) is 2.77. The number of ketones is 1. The van der Waals surface area contributed by atoms with Gasteiger partial charge in [0, 0.05) is 18.4 Å². The van der Waals surface area contributed by atoms with E-state index in [1.807, 2.05) is 13.8 Å². The normalized spacial score (nSPS) is 27.4. The first-order chi connectivity index (χ1) is 8.09. The van der Waals surface area contributed by atoms with Gasteiger partial charge in [-0.25, -0.2) is 0 Å². The summed E-state index contributed by atoms with van der Waals surface area (Å²) in [4.78, 5) is 12.7. The number of nitrogens with two attached hydrogens (primary N) is 1. The lowest BCUT2D eigenvalue weighted by Gasteiger charge is -2.29. The minimum Gasteiger partial charge on any atom is -0.369 e. The van der Waals surface area contributed by atoms with Crippen molar-refractivity contribution in [1.82, 2.24) is 0 Å². The van der Waals surface area contributed by atoms with E-state index in [-0.39, 0.29) is 23.0 Å². The zero-order valence-electron chi connectivity index (χ0n) is 12.7. The SMILES string of the molecule is CC(C)CC(CN)C(=O)C1CC(C)(C)OC1(C)C. The molecule has 1 heterocycles. The molecule has 0 aromatic carbocycles. The molecule has 1 saturated heterocycles. The van der Waals surface area contributed by atoms with Crippen molar-refractivity contribution in [3.8, 4) is 0 Å². The lowest BCUT2D eigenvalue weighted by atomic mass is 9.77. The van der Waals surface area contributed by atoms with Crippen LogP contribution in [-0.4, -0.2) is 23.5 Å². The number of Topliss-reactive ketones (excluding diaryl/α,β-unsaturated/α-hetero) is 1. The van der Waals surface area contributed by atoms with E-state index in [4.69, 9.17) is 10.5 Å². The van der Waals surface area contributed by atoms with Gasteiger partial charge in [0.15, 0.2) is 0 Å². The van der Waals surface area contributed by atoms with Crippen molar-refractivity contribution in [3.63, 3.8) is 0 Å². The lowest BCUT2D eigenvalue weighted by Crippen LogP contribution is -2.39. The maximum absolute atomic E-state index is 12.7. The van der Waals surface area contributed by atoms with Crippen LogP contribution in [-0.2, 0) is 9.53 Å². The molecule has 0 aromatic rings. The molecule has 0 amide bonds.